The van der Waals surface area contributed by atoms with E-state index >= 15 is 0 Å². The smallest absolute Gasteiger partial charge is 0.407 e. The maximum atomic E-state index is 12.1. The number of hydrogen-bond donors (Lipinski definition) is 1. The summed E-state index contributed by atoms with van der Waals surface area (Å²) < 4.78 is 5.41. The summed E-state index contributed by atoms with van der Waals surface area (Å²) in [4.78, 5) is 14.6. The molecule has 2 aliphatic rings. The molecule has 1 saturated carbocycles. The number of hydrogen-bond acceptors (Lipinski definition) is 3. The molecule has 2 fully saturated rings. The Kier molecular flexibility index (Phi) is 4.37. The van der Waals surface area contributed by atoms with Crippen molar-refractivity contribution in [3.8, 4) is 0 Å². The van der Waals surface area contributed by atoms with Gasteiger partial charge in [0.1, 0.15) is 5.60 Å². The third-order valence-corrected chi connectivity index (χ3v) is 4.64. The molecule has 4 nitrogen and oxygen atoms in total. The predicted molar refractivity (Wildman–Crippen MR) is 91.2 cm³/mol. The molecular formula is C19H28N2O2. The monoisotopic (exact) mass is 316 g/mol. The van der Waals surface area contributed by atoms with Crippen molar-refractivity contribution in [3.05, 3.63) is 35.9 Å². The van der Waals surface area contributed by atoms with E-state index in [1.54, 1.807) is 0 Å². The molecule has 1 aromatic carbocycles. The molecular weight excluding hydrogens is 288 g/mol. The van der Waals surface area contributed by atoms with Crippen molar-refractivity contribution >= 4 is 6.09 Å². The molecule has 0 unspecified atom stereocenters. The molecule has 0 aromatic heterocycles. The van der Waals surface area contributed by atoms with Gasteiger partial charge in [-0.3, -0.25) is 4.90 Å². The van der Waals surface area contributed by atoms with Crippen molar-refractivity contribution in [1.29, 1.82) is 0 Å². The van der Waals surface area contributed by atoms with Crippen molar-refractivity contribution in [1.82, 2.24) is 10.2 Å². The summed E-state index contributed by atoms with van der Waals surface area (Å²) in [5.41, 5.74) is 1.31. The van der Waals surface area contributed by atoms with Gasteiger partial charge in [-0.05, 0) is 51.0 Å². The van der Waals surface area contributed by atoms with Crippen molar-refractivity contribution in [2.75, 3.05) is 13.1 Å². The second kappa shape index (κ2) is 6.16. The third kappa shape index (κ3) is 4.71. The SMILES string of the molecule is CC(C)(C)OC(=O)N[C@@H]1CN(Cc2ccccc2)CC2(CC2)C1. The zero-order chi connectivity index (χ0) is 16.5. The minimum atomic E-state index is -0.445. The average Bonchev–Trinajstić information content (AvgIpc) is 3.15. The Labute approximate surface area is 139 Å². The minimum Gasteiger partial charge on any atom is -0.444 e. The van der Waals surface area contributed by atoms with Crippen LogP contribution < -0.4 is 5.32 Å². The van der Waals surface area contributed by atoms with E-state index in [1.807, 2.05) is 20.8 Å². The fourth-order valence-corrected chi connectivity index (χ4v) is 3.57. The highest BCUT2D eigenvalue weighted by Gasteiger charge is 2.48. The van der Waals surface area contributed by atoms with E-state index in [9.17, 15) is 4.79 Å². The molecule has 1 N–H and O–H groups in total. The maximum absolute atomic E-state index is 12.1. The summed E-state index contributed by atoms with van der Waals surface area (Å²) in [7, 11) is 0. The Hall–Kier alpha value is -1.55. The number of nitrogens with one attached hydrogen (secondary N) is 1. The van der Waals surface area contributed by atoms with Crippen LogP contribution in [-0.4, -0.2) is 35.7 Å². The largest absolute Gasteiger partial charge is 0.444 e. The van der Waals surface area contributed by atoms with Crippen molar-refractivity contribution in [3.63, 3.8) is 0 Å². The van der Waals surface area contributed by atoms with E-state index in [0.29, 0.717) is 5.41 Å². The number of amides is 1. The van der Waals surface area contributed by atoms with Gasteiger partial charge in [-0.2, -0.15) is 0 Å². The fourth-order valence-electron chi connectivity index (χ4n) is 3.57. The van der Waals surface area contributed by atoms with Crippen LogP contribution in [0.25, 0.3) is 0 Å². The average molecular weight is 316 g/mol. The maximum Gasteiger partial charge on any atom is 0.407 e. The van der Waals surface area contributed by atoms with Gasteiger partial charge in [0.25, 0.3) is 0 Å². The molecule has 126 valence electrons. The fraction of sp³-hybridized carbons (Fsp3) is 0.632. The van der Waals surface area contributed by atoms with E-state index in [0.717, 1.165) is 26.1 Å². The summed E-state index contributed by atoms with van der Waals surface area (Å²) >= 11 is 0. The first-order valence-electron chi connectivity index (χ1n) is 8.59. The molecule has 1 aliphatic carbocycles. The van der Waals surface area contributed by atoms with Crippen molar-refractivity contribution in [2.24, 2.45) is 5.41 Å². The lowest BCUT2D eigenvalue weighted by Gasteiger charge is -2.38. The quantitative estimate of drug-likeness (QED) is 0.927. The van der Waals surface area contributed by atoms with E-state index in [2.05, 4.69) is 40.5 Å². The Morgan fingerprint density at radius 1 is 1.30 bits per heavy atom. The molecule has 1 aromatic rings. The van der Waals surface area contributed by atoms with E-state index in [-0.39, 0.29) is 12.1 Å². The summed E-state index contributed by atoms with van der Waals surface area (Å²) in [5.74, 6) is 0. The molecule has 0 bridgehead atoms. The normalized spacial score (nSPS) is 23.5. The third-order valence-electron chi connectivity index (χ3n) is 4.64. The Bertz CT molecular complexity index is 546. The number of rotatable bonds is 3. The van der Waals surface area contributed by atoms with E-state index in [1.165, 1.54) is 18.4 Å². The number of carbonyl (C=O) groups excluding carboxylic acids is 1. The van der Waals surface area contributed by atoms with Crippen molar-refractivity contribution in [2.45, 2.75) is 58.2 Å². The predicted octanol–water partition coefficient (Wildman–Crippen LogP) is 3.57. The summed E-state index contributed by atoms with van der Waals surface area (Å²) in [6, 6.07) is 10.7. The summed E-state index contributed by atoms with van der Waals surface area (Å²) in [6.45, 7) is 8.70. The summed E-state index contributed by atoms with van der Waals surface area (Å²) in [6.07, 6.45) is 3.35. The lowest BCUT2D eigenvalue weighted by Crippen LogP contribution is -2.52. The molecule has 23 heavy (non-hydrogen) atoms. The van der Waals surface area contributed by atoms with Gasteiger partial charge >= 0.3 is 6.09 Å². The van der Waals surface area contributed by atoms with Crippen LogP contribution in [0.3, 0.4) is 0 Å². The van der Waals surface area contributed by atoms with E-state index < -0.39 is 5.60 Å². The molecule has 1 heterocycles. The van der Waals surface area contributed by atoms with Gasteiger partial charge in [0.2, 0.25) is 0 Å². The highest BCUT2D eigenvalue weighted by atomic mass is 16.6. The number of ether oxygens (including phenoxy) is 1. The highest BCUT2D eigenvalue weighted by molar-refractivity contribution is 5.68. The van der Waals surface area contributed by atoms with Crippen LogP contribution in [0, 0.1) is 5.41 Å². The standard InChI is InChI=1S/C19H28N2O2/c1-18(2,3)23-17(22)20-16-11-19(9-10-19)14-21(13-16)12-15-7-5-4-6-8-15/h4-8,16H,9-14H2,1-3H3,(H,20,22)/t16-/m0/s1. The number of carbonyl (C=O) groups is 1. The van der Waals surface area contributed by atoms with Crippen LogP contribution in [-0.2, 0) is 11.3 Å². The topological polar surface area (TPSA) is 41.6 Å². The van der Waals surface area contributed by atoms with Crippen LogP contribution in [0.5, 0.6) is 0 Å². The summed E-state index contributed by atoms with van der Waals surface area (Å²) in [5, 5.41) is 3.08. The lowest BCUT2D eigenvalue weighted by molar-refractivity contribution is 0.0433. The van der Waals surface area contributed by atoms with Gasteiger partial charge in [0.05, 0.1) is 0 Å². The zero-order valence-electron chi connectivity index (χ0n) is 14.5. The van der Waals surface area contributed by atoms with Crippen molar-refractivity contribution < 1.29 is 9.53 Å². The second-order valence-electron chi connectivity index (χ2n) is 8.20. The Morgan fingerprint density at radius 2 is 2.00 bits per heavy atom. The molecule has 1 amide bonds. The second-order valence-corrected chi connectivity index (χ2v) is 8.20. The number of alkyl carbamates (subject to hydrolysis) is 1. The number of benzene rings is 1. The Balaban J connectivity index is 1.60. The first-order chi connectivity index (χ1) is 10.8. The van der Waals surface area contributed by atoms with Crippen LogP contribution >= 0.6 is 0 Å². The first kappa shape index (κ1) is 16.3. The van der Waals surface area contributed by atoms with E-state index in [4.69, 9.17) is 4.74 Å². The number of nitrogens with zero attached hydrogens (tertiary/aromatic N) is 1. The van der Waals surface area contributed by atoms with Gasteiger partial charge in [-0.25, -0.2) is 4.79 Å². The zero-order valence-corrected chi connectivity index (χ0v) is 14.5. The molecule has 3 rings (SSSR count). The highest BCUT2D eigenvalue weighted by Crippen LogP contribution is 2.52. The van der Waals surface area contributed by atoms with Gasteiger partial charge in [0.15, 0.2) is 0 Å². The lowest BCUT2D eigenvalue weighted by atomic mass is 9.91. The van der Waals surface area contributed by atoms with Crippen LogP contribution in [0.2, 0.25) is 0 Å². The molecule has 1 aliphatic heterocycles. The van der Waals surface area contributed by atoms with Gasteiger partial charge in [-0.15, -0.1) is 0 Å². The van der Waals surface area contributed by atoms with Gasteiger partial charge < -0.3 is 10.1 Å². The van der Waals surface area contributed by atoms with Gasteiger partial charge in [0, 0.05) is 25.7 Å². The van der Waals surface area contributed by atoms with Crippen LogP contribution in [0.15, 0.2) is 30.3 Å². The van der Waals surface area contributed by atoms with Gasteiger partial charge in [-0.1, -0.05) is 30.3 Å². The minimum absolute atomic E-state index is 0.185. The molecule has 4 heteroatoms. The Morgan fingerprint density at radius 3 is 2.61 bits per heavy atom. The molecule has 1 spiro atoms. The molecule has 1 atom stereocenters. The van der Waals surface area contributed by atoms with Crippen LogP contribution in [0.1, 0.15) is 45.6 Å². The number of piperidine rings is 1. The first-order valence-corrected chi connectivity index (χ1v) is 8.59. The molecule has 1 saturated heterocycles. The molecule has 0 radical (unpaired) electrons. The number of likely N-dealkylation sites (tertiary alicyclic amines) is 1. The van der Waals surface area contributed by atoms with Crippen LogP contribution in [0.4, 0.5) is 4.79 Å².